The van der Waals surface area contributed by atoms with E-state index in [0.717, 1.165) is 24.2 Å². The molecule has 26 heavy (non-hydrogen) atoms. The van der Waals surface area contributed by atoms with Crippen molar-refractivity contribution in [2.24, 2.45) is 0 Å². The quantitative estimate of drug-likeness (QED) is 0.770. The van der Waals surface area contributed by atoms with E-state index in [9.17, 15) is 9.50 Å². The Bertz CT molecular complexity index is 915. The van der Waals surface area contributed by atoms with Crippen LogP contribution in [0.4, 0.5) is 10.1 Å². The Labute approximate surface area is 151 Å². The number of hydrogen-bond donors (Lipinski definition) is 1. The molecule has 5 nitrogen and oxygen atoms in total. The lowest BCUT2D eigenvalue weighted by Gasteiger charge is -2.17. The lowest BCUT2D eigenvalue weighted by atomic mass is 10.1. The third-order valence-corrected chi connectivity index (χ3v) is 4.75. The highest BCUT2D eigenvalue weighted by atomic mass is 19.1. The number of phenolic OH excluding ortho intramolecular Hbond substituents is 1. The molecule has 1 saturated heterocycles. The highest BCUT2D eigenvalue weighted by molar-refractivity contribution is 5.66. The van der Waals surface area contributed by atoms with E-state index in [1.54, 1.807) is 16.9 Å². The second-order valence-corrected chi connectivity index (χ2v) is 6.39. The Morgan fingerprint density at radius 2 is 1.77 bits per heavy atom. The molecule has 0 radical (unpaired) electrons. The summed E-state index contributed by atoms with van der Waals surface area (Å²) in [7, 11) is 1.38. The Morgan fingerprint density at radius 3 is 2.46 bits per heavy atom. The van der Waals surface area contributed by atoms with Gasteiger partial charge in [0.25, 0.3) is 0 Å². The van der Waals surface area contributed by atoms with Crippen LogP contribution in [-0.2, 0) is 0 Å². The van der Waals surface area contributed by atoms with Crippen molar-refractivity contribution in [1.29, 1.82) is 0 Å². The van der Waals surface area contributed by atoms with Crippen molar-refractivity contribution in [2.45, 2.75) is 12.8 Å². The average molecular weight is 353 g/mol. The van der Waals surface area contributed by atoms with Gasteiger partial charge in [-0.25, -0.2) is 9.07 Å². The summed E-state index contributed by atoms with van der Waals surface area (Å²) in [5.41, 5.74) is 3.71. The van der Waals surface area contributed by atoms with Crippen molar-refractivity contribution < 1.29 is 14.2 Å². The Kier molecular flexibility index (Phi) is 4.24. The summed E-state index contributed by atoms with van der Waals surface area (Å²) in [6.45, 7) is 2.23. The smallest absolute Gasteiger partial charge is 0.194 e. The summed E-state index contributed by atoms with van der Waals surface area (Å²) >= 11 is 0. The number of rotatable bonds is 4. The molecule has 6 heteroatoms. The number of methoxy groups -OCH3 is 1. The van der Waals surface area contributed by atoms with Gasteiger partial charge in [-0.1, -0.05) is 12.1 Å². The van der Waals surface area contributed by atoms with Crippen molar-refractivity contribution in [3.05, 3.63) is 54.6 Å². The van der Waals surface area contributed by atoms with Crippen LogP contribution in [0.1, 0.15) is 12.8 Å². The van der Waals surface area contributed by atoms with E-state index in [-0.39, 0.29) is 5.75 Å². The van der Waals surface area contributed by atoms with E-state index in [2.05, 4.69) is 34.3 Å². The van der Waals surface area contributed by atoms with Crippen molar-refractivity contribution in [1.82, 2.24) is 9.78 Å². The van der Waals surface area contributed by atoms with Gasteiger partial charge in [-0.15, -0.1) is 0 Å². The number of anilines is 1. The molecule has 1 aliphatic rings. The van der Waals surface area contributed by atoms with Crippen LogP contribution in [0.2, 0.25) is 0 Å². The van der Waals surface area contributed by atoms with Crippen molar-refractivity contribution >= 4 is 5.69 Å². The molecular formula is C20H20FN3O2. The van der Waals surface area contributed by atoms with Crippen LogP contribution in [0.25, 0.3) is 16.8 Å². The Morgan fingerprint density at radius 1 is 1.04 bits per heavy atom. The van der Waals surface area contributed by atoms with Gasteiger partial charge in [0.15, 0.2) is 17.3 Å². The van der Waals surface area contributed by atoms with E-state index >= 15 is 0 Å². The maximum Gasteiger partial charge on any atom is 0.194 e. The number of ether oxygens (including phenoxy) is 1. The number of aromatic hydroxyl groups is 1. The maximum atomic E-state index is 13.9. The molecule has 134 valence electrons. The minimum atomic E-state index is -0.744. The molecule has 0 atom stereocenters. The molecule has 2 heterocycles. The topological polar surface area (TPSA) is 50.5 Å². The molecule has 4 rings (SSSR count). The van der Waals surface area contributed by atoms with Crippen molar-refractivity contribution in [3.63, 3.8) is 0 Å². The molecule has 0 bridgehead atoms. The second-order valence-electron chi connectivity index (χ2n) is 6.39. The predicted octanol–water partition coefficient (Wildman–Crippen LogP) is 3.99. The zero-order valence-corrected chi connectivity index (χ0v) is 14.5. The molecular weight excluding hydrogens is 333 g/mol. The predicted molar refractivity (Wildman–Crippen MR) is 98.6 cm³/mol. The van der Waals surface area contributed by atoms with Gasteiger partial charge in [0.2, 0.25) is 0 Å². The molecule has 1 aromatic heterocycles. The fraction of sp³-hybridized carbons (Fsp3) is 0.250. The molecule has 0 spiro atoms. The van der Waals surface area contributed by atoms with Gasteiger partial charge in [-0.2, -0.15) is 5.10 Å². The molecule has 0 aliphatic carbocycles. The molecule has 1 fully saturated rings. The number of phenols is 1. The number of benzene rings is 2. The van der Waals surface area contributed by atoms with Crippen LogP contribution >= 0.6 is 0 Å². The summed E-state index contributed by atoms with van der Waals surface area (Å²) in [5.74, 6) is -1.17. The third-order valence-electron chi connectivity index (χ3n) is 4.75. The van der Waals surface area contributed by atoms with Crippen LogP contribution in [0.3, 0.4) is 0 Å². The van der Waals surface area contributed by atoms with E-state index in [1.807, 2.05) is 6.20 Å². The number of hydrogen-bond acceptors (Lipinski definition) is 4. The van der Waals surface area contributed by atoms with Gasteiger partial charge in [-0.3, -0.25) is 0 Å². The maximum absolute atomic E-state index is 13.9. The zero-order valence-electron chi connectivity index (χ0n) is 14.5. The first-order valence-corrected chi connectivity index (χ1v) is 8.62. The summed E-state index contributed by atoms with van der Waals surface area (Å²) in [5, 5.41) is 13.9. The number of nitrogens with zero attached hydrogens (tertiary/aromatic N) is 3. The monoisotopic (exact) mass is 353 g/mol. The third kappa shape index (κ3) is 2.98. The zero-order chi connectivity index (χ0) is 18.1. The SMILES string of the molecule is COc1cc(-n2cc(-c3ccc(N4CCCC4)cc3)cn2)cc(F)c1O. The van der Waals surface area contributed by atoms with Crippen molar-refractivity contribution in [3.8, 4) is 28.3 Å². The largest absolute Gasteiger partial charge is 0.502 e. The number of halogens is 1. The van der Waals surface area contributed by atoms with E-state index < -0.39 is 11.6 Å². The standard InChI is InChI=1S/C20H20FN3O2/c1-26-19-11-17(10-18(21)20(19)25)24-13-15(12-22-24)14-4-6-16(7-5-14)23-8-2-3-9-23/h4-7,10-13,25H,2-3,8-9H2,1H3. The van der Waals surface area contributed by atoms with E-state index in [0.29, 0.717) is 5.69 Å². The molecule has 1 N–H and O–H groups in total. The minimum absolute atomic E-state index is 0.0759. The fourth-order valence-electron chi connectivity index (χ4n) is 3.30. The van der Waals surface area contributed by atoms with Crippen LogP contribution in [0.15, 0.2) is 48.8 Å². The second kappa shape index (κ2) is 6.71. The normalized spacial score (nSPS) is 14.0. The van der Waals surface area contributed by atoms with Gasteiger partial charge in [0, 0.05) is 42.7 Å². The first-order valence-electron chi connectivity index (χ1n) is 8.62. The first-order chi connectivity index (χ1) is 12.7. The molecule has 0 saturated carbocycles. The minimum Gasteiger partial charge on any atom is -0.502 e. The Hall–Kier alpha value is -3.02. The van der Waals surface area contributed by atoms with Crippen LogP contribution in [-0.4, -0.2) is 35.1 Å². The average Bonchev–Trinajstić information content (AvgIpc) is 3.36. The van der Waals surface area contributed by atoms with Gasteiger partial charge in [0.05, 0.1) is 19.0 Å². The van der Waals surface area contributed by atoms with Gasteiger partial charge in [0.1, 0.15) is 0 Å². The highest BCUT2D eigenvalue weighted by Gasteiger charge is 2.14. The van der Waals surface area contributed by atoms with Crippen LogP contribution in [0, 0.1) is 5.82 Å². The molecule has 0 amide bonds. The molecule has 0 unspecified atom stereocenters. The fourth-order valence-corrected chi connectivity index (χ4v) is 3.30. The van der Waals surface area contributed by atoms with Gasteiger partial charge < -0.3 is 14.7 Å². The lowest BCUT2D eigenvalue weighted by Crippen LogP contribution is -2.17. The summed E-state index contributed by atoms with van der Waals surface area (Å²) in [4.78, 5) is 2.39. The van der Waals surface area contributed by atoms with Crippen LogP contribution < -0.4 is 9.64 Å². The summed E-state index contributed by atoms with van der Waals surface area (Å²) in [6, 6.07) is 11.2. The molecule has 3 aromatic rings. The van der Waals surface area contributed by atoms with Gasteiger partial charge >= 0.3 is 0 Å². The van der Waals surface area contributed by atoms with Gasteiger partial charge in [-0.05, 0) is 30.5 Å². The first kappa shape index (κ1) is 16.4. The van der Waals surface area contributed by atoms with E-state index in [4.69, 9.17) is 4.74 Å². The molecule has 2 aromatic carbocycles. The van der Waals surface area contributed by atoms with Crippen molar-refractivity contribution in [2.75, 3.05) is 25.1 Å². The Balaban J connectivity index is 1.61. The number of aromatic nitrogens is 2. The van der Waals surface area contributed by atoms with E-state index in [1.165, 1.54) is 31.7 Å². The highest BCUT2D eigenvalue weighted by Crippen LogP contribution is 2.32. The lowest BCUT2D eigenvalue weighted by molar-refractivity contribution is 0.356. The van der Waals surface area contributed by atoms with Crippen LogP contribution in [0.5, 0.6) is 11.5 Å². The molecule has 1 aliphatic heterocycles. The summed E-state index contributed by atoms with van der Waals surface area (Å²) in [6.07, 6.45) is 6.07. The summed E-state index contributed by atoms with van der Waals surface area (Å²) < 4.78 is 20.4.